The molecule has 20 heavy (non-hydrogen) atoms. The molecule has 7 heteroatoms. The molecule has 0 aliphatic carbocycles. The highest BCUT2D eigenvalue weighted by molar-refractivity contribution is 7.99. The van der Waals surface area contributed by atoms with Crippen LogP contribution in [0.2, 0.25) is 0 Å². The van der Waals surface area contributed by atoms with Crippen LogP contribution in [0, 0.1) is 0 Å². The third-order valence-electron chi connectivity index (χ3n) is 3.27. The number of imidazole rings is 2. The molecular weight excluding hydrogens is 290 g/mol. The van der Waals surface area contributed by atoms with Gasteiger partial charge in [0.05, 0.1) is 5.69 Å². The van der Waals surface area contributed by atoms with Gasteiger partial charge in [0.15, 0.2) is 10.1 Å². The molecule has 1 unspecified atom stereocenters. The van der Waals surface area contributed by atoms with E-state index in [0.717, 1.165) is 28.0 Å². The third kappa shape index (κ3) is 2.48. The Bertz CT molecular complexity index is 711. The number of aryl methyl sites for hydroxylation is 1. The molecule has 3 aromatic heterocycles. The predicted octanol–water partition coefficient (Wildman–Crippen LogP) is 2.56. The van der Waals surface area contributed by atoms with E-state index in [4.69, 9.17) is 10.7 Å². The van der Waals surface area contributed by atoms with Crippen LogP contribution in [0.1, 0.15) is 19.0 Å². The Hall–Kier alpha value is -1.31. The molecule has 0 amide bonds. The second kappa shape index (κ2) is 5.59. The van der Waals surface area contributed by atoms with Crippen molar-refractivity contribution in [2.75, 3.05) is 0 Å². The Morgan fingerprint density at radius 1 is 1.45 bits per heavy atom. The Labute approximate surface area is 125 Å². The molecule has 0 spiro atoms. The molecule has 106 valence electrons. The molecule has 2 N–H and O–H groups in total. The minimum atomic E-state index is 0.163. The van der Waals surface area contributed by atoms with Crippen LogP contribution in [-0.2, 0) is 13.5 Å². The number of aromatic nitrogens is 4. The number of fused-ring (bicyclic) bond motifs is 1. The van der Waals surface area contributed by atoms with Crippen molar-refractivity contribution in [3.63, 3.8) is 0 Å². The summed E-state index contributed by atoms with van der Waals surface area (Å²) in [6, 6.07) is 0.163. The summed E-state index contributed by atoms with van der Waals surface area (Å²) in [4.78, 5) is 10.1. The van der Waals surface area contributed by atoms with Crippen LogP contribution in [0.25, 0.3) is 4.96 Å². The van der Waals surface area contributed by atoms with Gasteiger partial charge in [-0.2, -0.15) is 0 Å². The highest BCUT2D eigenvalue weighted by Crippen LogP contribution is 2.31. The zero-order chi connectivity index (χ0) is 14.1. The van der Waals surface area contributed by atoms with E-state index in [1.165, 1.54) is 5.69 Å². The highest BCUT2D eigenvalue weighted by atomic mass is 32.2. The van der Waals surface area contributed by atoms with Crippen LogP contribution in [0.4, 0.5) is 0 Å². The summed E-state index contributed by atoms with van der Waals surface area (Å²) < 4.78 is 4.15. The van der Waals surface area contributed by atoms with Crippen LogP contribution in [0.3, 0.4) is 0 Å². The van der Waals surface area contributed by atoms with Gasteiger partial charge >= 0.3 is 0 Å². The highest BCUT2D eigenvalue weighted by Gasteiger charge is 2.17. The summed E-state index contributed by atoms with van der Waals surface area (Å²) in [6.45, 7) is 2.11. The fourth-order valence-electron chi connectivity index (χ4n) is 2.01. The number of hydrogen-bond acceptors (Lipinski definition) is 5. The molecule has 0 aliphatic rings. The van der Waals surface area contributed by atoms with Crippen molar-refractivity contribution in [3.8, 4) is 0 Å². The van der Waals surface area contributed by atoms with Crippen LogP contribution in [0.5, 0.6) is 0 Å². The smallest absolute Gasteiger partial charge is 0.194 e. The summed E-state index contributed by atoms with van der Waals surface area (Å²) >= 11 is 3.25. The largest absolute Gasteiger partial charge is 0.329 e. The molecule has 1 atom stereocenters. The predicted molar refractivity (Wildman–Crippen MR) is 82.4 cm³/mol. The maximum absolute atomic E-state index is 6.13. The molecule has 5 nitrogen and oxygen atoms in total. The van der Waals surface area contributed by atoms with Gasteiger partial charge in [0, 0.05) is 43.5 Å². The lowest BCUT2D eigenvalue weighted by atomic mass is 10.1. The lowest BCUT2D eigenvalue weighted by molar-refractivity contribution is 0.627. The van der Waals surface area contributed by atoms with Gasteiger partial charge in [0.2, 0.25) is 0 Å². The normalized spacial score (nSPS) is 13.2. The summed E-state index contributed by atoms with van der Waals surface area (Å²) in [6.07, 6.45) is 7.61. The zero-order valence-electron chi connectivity index (χ0n) is 11.5. The van der Waals surface area contributed by atoms with Crippen LogP contribution in [-0.4, -0.2) is 25.0 Å². The summed E-state index contributed by atoms with van der Waals surface area (Å²) in [5.41, 5.74) is 7.31. The van der Waals surface area contributed by atoms with Crippen molar-refractivity contribution in [2.24, 2.45) is 12.8 Å². The number of hydrogen-bond donors (Lipinski definition) is 1. The van der Waals surface area contributed by atoms with E-state index in [1.807, 2.05) is 17.8 Å². The van der Waals surface area contributed by atoms with Gasteiger partial charge in [0.25, 0.3) is 0 Å². The van der Waals surface area contributed by atoms with Gasteiger partial charge in [-0.25, -0.2) is 9.97 Å². The number of nitrogens with zero attached hydrogens (tertiary/aromatic N) is 4. The monoisotopic (exact) mass is 307 g/mol. The van der Waals surface area contributed by atoms with Gasteiger partial charge in [-0.15, -0.1) is 11.3 Å². The third-order valence-corrected chi connectivity index (χ3v) is 5.12. The van der Waals surface area contributed by atoms with Crippen molar-refractivity contribution < 1.29 is 0 Å². The first-order valence-corrected chi connectivity index (χ1v) is 8.23. The van der Waals surface area contributed by atoms with Gasteiger partial charge in [-0.05, 0) is 18.2 Å². The second-order valence-corrected chi connectivity index (χ2v) is 6.54. The van der Waals surface area contributed by atoms with E-state index < -0.39 is 0 Å². The van der Waals surface area contributed by atoms with Crippen molar-refractivity contribution in [2.45, 2.75) is 36.0 Å². The molecule has 0 aromatic carbocycles. The van der Waals surface area contributed by atoms with E-state index in [2.05, 4.69) is 27.9 Å². The van der Waals surface area contributed by atoms with Crippen molar-refractivity contribution in [1.82, 2.24) is 18.9 Å². The number of nitrogens with two attached hydrogens (primary N) is 1. The van der Waals surface area contributed by atoms with Gasteiger partial charge < -0.3 is 10.3 Å². The Kier molecular flexibility index (Phi) is 3.82. The van der Waals surface area contributed by atoms with E-state index in [9.17, 15) is 0 Å². The summed E-state index contributed by atoms with van der Waals surface area (Å²) in [7, 11) is 1.99. The first kappa shape index (κ1) is 13.7. The molecule has 0 fully saturated rings. The number of thiazole rings is 1. The quantitative estimate of drug-likeness (QED) is 0.787. The molecule has 0 saturated carbocycles. The van der Waals surface area contributed by atoms with E-state index >= 15 is 0 Å². The molecule has 0 bridgehead atoms. The van der Waals surface area contributed by atoms with Crippen molar-refractivity contribution in [3.05, 3.63) is 29.7 Å². The van der Waals surface area contributed by atoms with Gasteiger partial charge in [-0.3, -0.25) is 4.40 Å². The molecule has 3 heterocycles. The molecule has 3 aromatic rings. The van der Waals surface area contributed by atoms with Crippen LogP contribution >= 0.6 is 23.1 Å². The molecule has 3 rings (SSSR count). The van der Waals surface area contributed by atoms with E-state index in [-0.39, 0.29) is 6.04 Å². The minimum Gasteiger partial charge on any atom is -0.329 e. The van der Waals surface area contributed by atoms with Crippen LogP contribution in [0.15, 0.2) is 34.2 Å². The maximum atomic E-state index is 6.13. The van der Waals surface area contributed by atoms with Crippen LogP contribution < -0.4 is 5.73 Å². The zero-order valence-corrected chi connectivity index (χ0v) is 13.1. The molecule has 0 aliphatic heterocycles. The van der Waals surface area contributed by atoms with E-state index in [1.54, 1.807) is 29.3 Å². The van der Waals surface area contributed by atoms with Gasteiger partial charge in [0.1, 0.15) is 5.03 Å². The molecule has 0 radical (unpaired) electrons. The van der Waals surface area contributed by atoms with Crippen molar-refractivity contribution >= 4 is 28.1 Å². The second-order valence-electron chi connectivity index (χ2n) is 4.71. The first-order valence-electron chi connectivity index (χ1n) is 6.54. The SMILES string of the molecule is CCC(N)Cc1c(Sc2nccn2C)nc2sccn12. The summed E-state index contributed by atoms with van der Waals surface area (Å²) in [5, 5.41) is 4.01. The maximum Gasteiger partial charge on any atom is 0.194 e. The molecular formula is C13H17N5S2. The average Bonchev–Trinajstić information content (AvgIpc) is 3.10. The van der Waals surface area contributed by atoms with Crippen molar-refractivity contribution in [1.29, 1.82) is 0 Å². The first-order chi connectivity index (χ1) is 9.69. The lowest BCUT2D eigenvalue weighted by Crippen LogP contribution is -2.22. The Balaban J connectivity index is 1.98. The average molecular weight is 307 g/mol. The number of rotatable bonds is 5. The van der Waals surface area contributed by atoms with Gasteiger partial charge in [-0.1, -0.05) is 6.92 Å². The topological polar surface area (TPSA) is 61.1 Å². The summed E-state index contributed by atoms with van der Waals surface area (Å²) in [5.74, 6) is 0. The Morgan fingerprint density at radius 2 is 2.30 bits per heavy atom. The lowest BCUT2D eigenvalue weighted by Gasteiger charge is -2.09. The Morgan fingerprint density at radius 3 is 3.00 bits per heavy atom. The minimum absolute atomic E-state index is 0.163. The fraction of sp³-hybridized carbons (Fsp3) is 0.385. The van der Waals surface area contributed by atoms with E-state index in [0.29, 0.717) is 0 Å². The molecule has 0 saturated heterocycles. The standard InChI is InChI=1S/C13H17N5S2/c1-3-9(14)8-10-11(16-13-18(10)6-7-19-13)20-12-15-4-5-17(12)2/h4-7,9H,3,8,14H2,1-2H3. The fourth-order valence-corrected chi connectivity index (χ4v) is 3.72.